The summed E-state index contributed by atoms with van der Waals surface area (Å²) in [5, 5.41) is 5.42. The Morgan fingerprint density at radius 2 is 1.83 bits per heavy atom. The van der Waals surface area contributed by atoms with Gasteiger partial charge in [-0.15, -0.1) is 11.3 Å². The van der Waals surface area contributed by atoms with E-state index in [0.717, 1.165) is 28.6 Å². The molecule has 5 heteroatoms. The molecule has 0 spiro atoms. The average Bonchev–Trinajstić information content (AvgIpc) is 3.05. The van der Waals surface area contributed by atoms with Crippen molar-refractivity contribution in [2.45, 2.75) is 19.8 Å². The van der Waals surface area contributed by atoms with Gasteiger partial charge in [0.25, 0.3) is 5.91 Å². The lowest BCUT2D eigenvalue weighted by atomic mass is 10.1. The Kier molecular flexibility index (Phi) is 5.43. The van der Waals surface area contributed by atoms with Crippen LogP contribution >= 0.6 is 27.3 Å². The van der Waals surface area contributed by atoms with E-state index in [9.17, 15) is 4.79 Å². The maximum Gasteiger partial charge on any atom is 0.257 e. The highest BCUT2D eigenvalue weighted by Gasteiger charge is 2.10. The second kappa shape index (κ2) is 7.73. The molecule has 1 amide bonds. The summed E-state index contributed by atoms with van der Waals surface area (Å²) < 4.78 is 0.946. The Morgan fingerprint density at radius 3 is 2.50 bits per heavy atom. The topological polar surface area (TPSA) is 42.0 Å². The number of aromatic nitrogens is 1. The smallest absolute Gasteiger partial charge is 0.257 e. The monoisotopic (exact) mass is 400 g/mol. The lowest BCUT2D eigenvalue weighted by Crippen LogP contribution is -2.11. The molecule has 0 unspecified atom stereocenters. The van der Waals surface area contributed by atoms with E-state index in [0.29, 0.717) is 10.7 Å². The van der Waals surface area contributed by atoms with Crippen LogP contribution in [-0.2, 0) is 6.42 Å². The number of amides is 1. The van der Waals surface area contributed by atoms with Gasteiger partial charge in [-0.1, -0.05) is 53.5 Å². The minimum atomic E-state index is -0.151. The zero-order valence-electron chi connectivity index (χ0n) is 13.3. The van der Waals surface area contributed by atoms with Crippen LogP contribution in [0.25, 0.3) is 11.3 Å². The number of carbonyl (C=O) groups excluding carboxylic acids is 1. The predicted octanol–water partition coefficient (Wildman–Crippen LogP) is 5.78. The lowest BCUT2D eigenvalue weighted by molar-refractivity contribution is 0.102. The van der Waals surface area contributed by atoms with E-state index < -0.39 is 0 Å². The Morgan fingerprint density at radius 1 is 1.12 bits per heavy atom. The fourth-order valence-corrected chi connectivity index (χ4v) is 3.34. The normalized spacial score (nSPS) is 10.6. The Hall–Kier alpha value is -1.98. The molecule has 2 aromatic carbocycles. The van der Waals surface area contributed by atoms with Gasteiger partial charge in [-0.2, -0.15) is 0 Å². The van der Waals surface area contributed by atoms with E-state index in [-0.39, 0.29) is 5.91 Å². The number of hydrogen-bond acceptors (Lipinski definition) is 3. The summed E-state index contributed by atoms with van der Waals surface area (Å²) in [7, 11) is 0. The molecule has 3 rings (SSSR count). The third-order valence-corrected chi connectivity index (χ3v) is 4.91. The van der Waals surface area contributed by atoms with E-state index in [1.807, 2.05) is 17.5 Å². The highest BCUT2D eigenvalue weighted by Crippen LogP contribution is 2.26. The number of nitrogens with zero attached hydrogens (tertiary/aromatic N) is 1. The van der Waals surface area contributed by atoms with Crippen LogP contribution in [0.15, 0.2) is 58.4 Å². The maximum absolute atomic E-state index is 12.2. The summed E-state index contributed by atoms with van der Waals surface area (Å²) in [5.41, 5.74) is 3.89. The van der Waals surface area contributed by atoms with Crippen molar-refractivity contribution in [2.24, 2.45) is 0 Å². The first kappa shape index (κ1) is 16.9. The first-order valence-electron chi connectivity index (χ1n) is 7.77. The van der Waals surface area contributed by atoms with Crippen molar-refractivity contribution in [3.8, 4) is 11.3 Å². The van der Waals surface area contributed by atoms with E-state index in [1.165, 1.54) is 16.9 Å². The number of anilines is 1. The molecule has 0 aliphatic heterocycles. The van der Waals surface area contributed by atoms with Crippen LogP contribution in [0.2, 0.25) is 0 Å². The summed E-state index contributed by atoms with van der Waals surface area (Å²) in [5.74, 6) is -0.151. The van der Waals surface area contributed by atoms with Crippen molar-refractivity contribution < 1.29 is 4.79 Å². The summed E-state index contributed by atoms with van der Waals surface area (Å²) in [6.07, 6.45) is 2.23. The molecule has 0 aliphatic carbocycles. The molecule has 24 heavy (non-hydrogen) atoms. The molecule has 1 aromatic heterocycles. The van der Waals surface area contributed by atoms with Crippen LogP contribution in [0.4, 0.5) is 5.13 Å². The molecule has 0 fully saturated rings. The van der Waals surface area contributed by atoms with Crippen molar-refractivity contribution in [3.05, 3.63) is 69.5 Å². The molecule has 0 aliphatic rings. The predicted molar refractivity (Wildman–Crippen MR) is 104 cm³/mol. The Bertz CT molecular complexity index is 825. The average molecular weight is 401 g/mol. The SMILES string of the molecule is CCCc1ccc(-c2csc(NC(=O)c3ccc(Br)cc3)n2)cc1. The number of hydrogen-bond donors (Lipinski definition) is 1. The number of aryl methyl sites for hydroxylation is 1. The Balaban J connectivity index is 1.71. The van der Waals surface area contributed by atoms with Gasteiger partial charge < -0.3 is 0 Å². The molecule has 0 radical (unpaired) electrons. The lowest BCUT2D eigenvalue weighted by Gasteiger charge is -2.02. The van der Waals surface area contributed by atoms with Crippen LogP contribution in [0.1, 0.15) is 29.3 Å². The fourth-order valence-electron chi connectivity index (χ4n) is 2.37. The molecular formula is C19H17BrN2OS. The minimum Gasteiger partial charge on any atom is -0.298 e. The maximum atomic E-state index is 12.2. The second-order valence-electron chi connectivity index (χ2n) is 5.45. The van der Waals surface area contributed by atoms with Crippen LogP contribution in [0, 0.1) is 0 Å². The van der Waals surface area contributed by atoms with Crippen molar-refractivity contribution >= 4 is 38.3 Å². The molecule has 0 saturated heterocycles. The van der Waals surface area contributed by atoms with Gasteiger partial charge in [-0.05, 0) is 36.2 Å². The molecule has 0 bridgehead atoms. The van der Waals surface area contributed by atoms with E-state index >= 15 is 0 Å². The van der Waals surface area contributed by atoms with Crippen LogP contribution < -0.4 is 5.32 Å². The van der Waals surface area contributed by atoms with Gasteiger partial charge in [0.1, 0.15) is 0 Å². The van der Waals surface area contributed by atoms with Crippen molar-refractivity contribution in [1.82, 2.24) is 4.98 Å². The zero-order chi connectivity index (χ0) is 16.9. The van der Waals surface area contributed by atoms with Gasteiger partial charge in [0.05, 0.1) is 5.69 Å². The third-order valence-electron chi connectivity index (χ3n) is 3.62. The summed E-state index contributed by atoms with van der Waals surface area (Å²) in [4.78, 5) is 16.7. The van der Waals surface area contributed by atoms with E-state index in [2.05, 4.69) is 57.4 Å². The fraction of sp³-hybridized carbons (Fsp3) is 0.158. The van der Waals surface area contributed by atoms with Gasteiger partial charge in [-0.25, -0.2) is 4.98 Å². The largest absolute Gasteiger partial charge is 0.298 e. The summed E-state index contributed by atoms with van der Waals surface area (Å²) >= 11 is 4.80. The number of carbonyl (C=O) groups is 1. The van der Waals surface area contributed by atoms with Crippen molar-refractivity contribution in [3.63, 3.8) is 0 Å². The molecule has 1 heterocycles. The van der Waals surface area contributed by atoms with E-state index in [4.69, 9.17) is 0 Å². The number of benzene rings is 2. The number of thiazole rings is 1. The van der Waals surface area contributed by atoms with Gasteiger partial charge in [0.15, 0.2) is 5.13 Å². The van der Waals surface area contributed by atoms with Crippen LogP contribution in [-0.4, -0.2) is 10.9 Å². The van der Waals surface area contributed by atoms with Gasteiger partial charge >= 0.3 is 0 Å². The summed E-state index contributed by atoms with van der Waals surface area (Å²) in [6, 6.07) is 15.7. The molecule has 0 atom stereocenters. The zero-order valence-corrected chi connectivity index (χ0v) is 15.7. The molecule has 1 N–H and O–H groups in total. The van der Waals surface area contributed by atoms with Crippen LogP contribution in [0.5, 0.6) is 0 Å². The second-order valence-corrected chi connectivity index (χ2v) is 7.22. The molecule has 0 saturated carbocycles. The molecular weight excluding hydrogens is 384 g/mol. The number of rotatable bonds is 5. The van der Waals surface area contributed by atoms with Gasteiger partial charge in [-0.3, -0.25) is 10.1 Å². The first-order valence-corrected chi connectivity index (χ1v) is 9.44. The molecule has 3 aromatic rings. The standard InChI is InChI=1S/C19H17BrN2OS/c1-2-3-13-4-6-14(7-5-13)17-12-24-19(21-17)22-18(23)15-8-10-16(20)11-9-15/h4-12H,2-3H2,1H3,(H,21,22,23). The third kappa shape index (κ3) is 4.10. The highest BCUT2D eigenvalue weighted by atomic mass is 79.9. The van der Waals surface area contributed by atoms with Gasteiger partial charge in [0.2, 0.25) is 0 Å². The molecule has 3 nitrogen and oxygen atoms in total. The molecule has 122 valence electrons. The number of halogens is 1. The first-order chi connectivity index (χ1) is 11.7. The minimum absolute atomic E-state index is 0.151. The summed E-state index contributed by atoms with van der Waals surface area (Å²) in [6.45, 7) is 2.18. The van der Waals surface area contributed by atoms with Crippen molar-refractivity contribution in [2.75, 3.05) is 5.32 Å². The highest BCUT2D eigenvalue weighted by molar-refractivity contribution is 9.10. The number of nitrogens with one attached hydrogen (secondary N) is 1. The van der Waals surface area contributed by atoms with Crippen molar-refractivity contribution in [1.29, 1.82) is 0 Å². The van der Waals surface area contributed by atoms with E-state index in [1.54, 1.807) is 12.1 Å². The quantitative estimate of drug-likeness (QED) is 0.589. The van der Waals surface area contributed by atoms with Gasteiger partial charge in [0, 0.05) is 21.0 Å². The Labute approximate surface area is 153 Å². The van der Waals surface area contributed by atoms with Crippen LogP contribution in [0.3, 0.4) is 0 Å².